The number of aromatic nitrogens is 1. The summed E-state index contributed by atoms with van der Waals surface area (Å²) in [4.78, 5) is 14.1. The summed E-state index contributed by atoms with van der Waals surface area (Å²) in [6, 6.07) is 26.9. The number of aliphatic carboxylic acids is 1. The number of carboxylic acids is 1. The molecule has 0 saturated heterocycles. The standard InChI is InChI=1S/C32H34N2O3/c1-4-34(20-22(2)24-8-6-5-7-9-24)21-29-23(3)33-37-30(29)27-12-10-25(11-13-27)26-14-16-28(17-15-26)32(18-19-32)31(35)36/h5-17,22H,4,18-21H2,1-3H3,(H,35,36)/t22-/m0/s1. The largest absolute Gasteiger partial charge is 0.481 e. The summed E-state index contributed by atoms with van der Waals surface area (Å²) < 4.78 is 5.81. The highest BCUT2D eigenvalue weighted by atomic mass is 16.5. The molecule has 37 heavy (non-hydrogen) atoms. The summed E-state index contributed by atoms with van der Waals surface area (Å²) in [7, 11) is 0. The maximum Gasteiger partial charge on any atom is 0.314 e. The molecule has 1 saturated carbocycles. The number of hydrogen-bond donors (Lipinski definition) is 1. The van der Waals surface area contributed by atoms with Gasteiger partial charge >= 0.3 is 5.97 Å². The molecule has 0 radical (unpaired) electrons. The summed E-state index contributed by atoms with van der Waals surface area (Å²) in [6.07, 6.45) is 1.44. The lowest BCUT2D eigenvalue weighted by Crippen LogP contribution is -2.27. The van der Waals surface area contributed by atoms with Gasteiger partial charge in [-0.05, 0) is 54.5 Å². The molecule has 1 aliphatic rings. The summed E-state index contributed by atoms with van der Waals surface area (Å²) >= 11 is 0. The molecule has 5 heteroatoms. The Morgan fingerprint density at radius 1 is 0.973 bits per heavy atom. The maximum absolute atomic E-state index is 11.6. The van der Waals surface area contributed by atoms with Gasteiger partial charge in [-0.2, -0.15) is 0 Å². The molecule has 0 unspecified atom stereocenters. The minimum atomic E-state index is -0.723. The van der Waals surface area contributed by atoms with Gasteiger partial charge in [0.05, 0.1) is 11.1 Å². The van der Waals surface area contributed by atoms with E-state index < -0.39 is 11.4 Å². The van der Waals surface area contributed by atoms with E-state index in [1.54, 1.807) is 0 Å². The van der Waals surface area contributed by atoms with Gasteiger partial charge in [0.2, 0.25) is 0 Å². The molecule has 3 aromatic carbocycles. The molecular formula is C32H34N2O3. The van der Waals surface area contributed by atoms with E-state index in [-0.39, 0.29) is 0 Å². The predicted molar refractivity (Wildman–Crippen MR) is 146 cm³/mol. The second kappa shape index (κ2) is 10.3. The lowest BCUT2D eigenvalue weighted by molar-refractivity contribution is -0.140. The molecule has 1 heterocycles. The predicted octanol–water partition coefficient (Wildman–Crippen LogP) is 7.06. The van der Waals surface area contributed by atoms with E-state index in [0.29, 0.717) is 5.92 Å². The van der Waals surface area contributed by atoms with Crippen molar-refractivity contribution in [2.24, 2.45) is 0 Å². The van der Waals surface area contributed by atoms with Gasteiger partial charge in [-0.3, -0.25) is 9.69 Å². The van der Waals surface area contributed by atoms with E-state index in [1.165, 1.54) is 5.56 Å². The number of aryl methyl sites for hydroxylation is 1. The number of benzene rings is 3. The minimum absolute atomic E-state index is 0.431. The number of rotatable bonds is 10. The fraction of sp³-hybridized carbons (Fsp3) is 0.312. The zero-order valence-electron chi connectivity index (χ0n) is 21.8. The number of carbonyl (C=O) groups is 1. The molecular weight excluding hydrogens is 460 g/mol. The Bertz CT molecular complexity index is 1350. The van der Waals surface area contributed by atoms with Crippen molar-refractivity contribution in [1.82, 2.24) is 10.1 Å². The van der Waals surface area contributed by atoms with Crippen LogP contribution in [0.5, 0.6) is 0 Å². The van der Waals surface area contributed by atoms with E-state index >= 15 is 0 Å². The van der Waals surface area contributed by atoms with Crippen LogP contribution in [0.25, 0.3) is 22.5 Å². The summed E-state index contributed by atoms with van der Waals surface area (Å²) in [6.45, 7) is 9.17. The molecule has 4 aromatic rings. The van der Waals surface area contributed by atoms with E-state index in [9.17, 15) is 9.90 Å². The van der Waals surface area contributed by atoms with Crippen LogP contribution in [0.1, 0.15) is 55.0 Å². The molecule has 1 N–H and O–H groups in total. The first-order valence-electron chi connectivity index (χ1n) is 13.1. The van der Waals surface area contributed by atoms with Gasteiger partial charge in [0.1, 0.15) is 0 Å². The van der Waals surface area contributed by atoms with Crippen molar-refractivity contribution in [1.29, 1.82) is 0 Å². The zero-order chi connectivity index (χ0) is 26.0. The van der Waals surface area contributed by atoms with Gasteiger partial charge in [-0.25, -0.2) is 0 Å². The van der Waals surface area contributed by atoms with E-state index in [2.05, 4.69) is 78.5 Å². The van der Waals surface area contributed by atoms with Crippen molar-refractivity contribution < 1.29 is 14.4 Å². The topological polar surface area (TPSA) is 66.6 Å². The third-order valence-electron chi connectivity index (χ3n) is 7.79. The average molecular weight is 495 g/mol. The molecule has 0 spiro atoms. The van der Waals surface area contributed by atoms with Gasteiger partial charge in [-0.15, -0.1) is 0 Å². The molecule has 1 aliphatic carbocycles. The Morgan fingerprint density at radius 3 is 2.14 bits per heavy atom. The van der Waals surface area contributed by atoms with Crippen LogP contribution in [0.15, 0.2) is 83.4 Å². The Labute approximate surface area is 218 Å². The molecule has 5 nitrogen and oxygen atoms in total. The van der Waals surface area contributed by atoms with Crippen LogP contribution in [-0.2, 0) is 16.8 Å². The highest BCUT2D eigenvalue weighted by molar-refractivity contribution is 5.85. The highest BCUT2D eigenvalue weighted by Gasteiger charge is 2.51. The number of carboxylic acid groups (broad SMARTS) is 1. The minimum Gasteiger partial charge on any atom is -0.481 e. The SMILES string of the molecule is CCN(Cc1c(C)noc1-c1ccc(-c2ccc(C3(C(=O)O)CC3)cc2)cc1)C[C@H](C)c1ccccc1. The zero-order valence-corrected chi connectivity index (χ0v) is 21.8. The van der Waals surface area contributed by atoms with Crippen molar-refractivity contribution in [3.05, 3.63) is 101 Å². The first-order valence-corrected chi connectivity index (χ1v) is 13.1. The van der Waals surface area contributed by atoms with Crippen molar-refractivity contribution in [2.45, 2.75) is 51.5 Å². The second-order valence-corrected chi connectivity index (χ2v) is 10.3. The first-order chi connectivity index (χ1) is 17.9. The Morgan fingerprint density at radius 2 is 1.57 bits per heavy atom. The monoisotopic (exact) mass is 494 g/mol. The molecule has 0 bridgehead atoms. The van der Waals surface area contributed by atoms with Gasteiger partial charge < -0.3 is 9.63 Å². The van der Waals surface area contributed by atoms with Crippen molar-refractivity contribution in [2.75, 3.05) is 13.1 Å². The number of hydrogen-bond acceptors (Lipinski definition) is 4. The van der Waals surface area contributed by atoms with Crippen LogP contribution in [0, 0.1) is 6.92 Å². The fourth-order valence-corrected chi connectivity index (χ4v) is 5.15. The fourth-order valence-electron chi connectivity index (χ4n) is 5.15. The quantitative estimate of drug-likeness (QED) is 0.256. The maximum atomic E-state index is 11.6. The van der Waals surface area contributed by atoms with Crippen LogP contribution in [0.2, 0.25) is 0 Å². The highest BCUT2D eigenvalue weighted by Crippen LogP contribution is 2.48. The first kappa shape index (κ1) is 25.0. The van der Waals surface area contributed by atoms with Crippen LogP contribution in [0.3, 0.4) is 0 Å². The smallest absolute Gasteiger partial charge is 0.314 e. The van der Waals surface area contributed by atoms with E-state index in [1.807, 2.05) is 31.2 Å². The van der Waals surface area contributed by atoms with Crippen molar-refractivity contribution >= 4 is 5.97 Å². The number of likely N-dealkylation sites (N-methyl/N-ethyl adjacent to an activating group) is 1. The Kier molecular flexibility index (Phi) is 6.98. The molecule has 1 fully saturated rings. The molecule has 190 valence electrons. The van der Waals surface area contributed by atoms with Crippen LogP contribution >= 0.6 is 0 Å². The molecule has 0 aliphatic heterocycles. The number of nitrogens with zero attached hydrogens (tertiary/aromatic N) is 2. The lowest BCUT2D eigenvalue weighted by atomic mass is 9.93. The van der Waals surface area contributed by atoms with Crippen LogP contribution < -0.4 is 0 Å². The molecule has 5 rings (SSSR count). The second-order valence-electron chi connectivity index (χ2n) is 10.3. The Hall–Kier alpha value is -3.70. The van der Waals surface area contributed by atoms with Gasteiger partial charge in [0, 0.05) is 24.2 Å². The lowest BCUT2D eigenvalue weighted by Gasteiger charge is -2.24. The van der Waals surface area contributed by atoms with Crippen molar-refractivity contribution in [3.63, 3.8) is 0 Å². The molecule has 1 aromatic heterocycles. The summed E-state index contributed by atoms with van der Waals surface area (Å²) in [5.74, 6) is 0.530. The summed E-state index contributed by atoms with van der Waals surface area (Å²) in [5, 5.41) is 13.9. The van der Waals surface area contributed by atoms with Gasteiger partial charge in [0.25, 0.3) is 0 Å². The van der Waals surface area contributed by atoms with E-state index in [4.69, 9.17) is 4.52 Å². The van der Waals surface area contributed by atoms with Gasteiger partial charge in [0.15, 0.2) is 5.76 Å². The summed E-state index contributed by atoms with van der Waals surface area (Å²) in [5.41, 5.74) is 6.78. The van der Waals surface area contributed by atoms with Crippen LogP contribution in [0.4, 0.5) is 0 Å². The normalized spacial score (nSPS) is 15.0. The van der Waals surface area contributed by atoms with Crippen LogP contribution in [-0.4, -0.2) is 34.2 Å². The average Bonchev–Trinajstić information content (AvgIpc) is 3.68. The Balaban J connectivity index is 1.32. The molecule has 0 amide bonds. The third kappa shape index (κ3) is 5.09. The molecule has 1 atom stereocenters. The van der Waals surface area contributed by atoms with Gasteiger partial charge in [-0.1, -0.05) is 97.9 Å². The van der Waals surface area contributed by atoms with Crippen molar-refractivity contribution in [3.8, 4) is 22.5 Å². The third-order valence-corrected chi connectivity index (χ3v) is 7.79. The van der Waals surface area contributed by atoms with E-state index in [0.717, 1.165) is 71.7 Å².